The van der Waals surface area contributed by atoms with E-state index in [4.69, 9.17) is 9.15 Å². The van der Waals surface area contributed by atoms with Crippen LogP contribution in [0.4, 0.5) is 0 Å². The van der Waals surface area contributed by atoms with E-state index >= 15 is 0 Å². The molecule has 138 valence electrons. The molecular weight excluding hydrogens is 322 g/mol. The molecule has 2 N–H and O–H groups in total. The third-order valence-corrected chi connectivity index (χ3v) is 5.09. The summed E-state index contributed by atoms with van der Waals surface area (Å²) in [5.41, 5.74) is 0. The van der Waals surface area contributed by atoms with Gasteiger partial charge in [0, 0.05) is 39.3 Å². The number of hydrogen-bond donors (Lipinski definition) is 2. The summed E-state index contributed by atoms with van der Waals surface area (Å²) < 4.78 is 11.1. The zero-order valence-corrected chi connectivity index (χ0v) is 14.9. The number of nitrogens with one attached hydrogen (secondary N) is 2. The Morgan fingerprint density at radius 1 is 1.24 bits per heavy atom. The van der Waals surface area contributed by atoms with Crippen LogP contribution in [0.5, 0.6) is 0 Å². The molecule has 2 saturated heterocycles. The predicted molar refractivity (Wildman–Crippen MR) is 92.2 cm³/mol. The lowest BCUT2D eigenvalue weighted by Crippen LogP contribution is -2.44. The standard InChI is InChI=1S/C18H27N3O4/c1-12-3-4-16(25-12)14-9-21(11-17(22)19-2)10-15(14)20-18(23)13-5-7-24-8-6-13/h3-4,13-15H,5-11H2,1-2H3,(H,19,22)(H,20,23)/t14-,15-/m0/s1. The highest BCUT2D eigenvalue weighted by molar-refractivity contribution is 5.79. The molecule has 0 unspecified atom stereocenters. The van der Waals surface area contributed by atoms with Crippen LogP contribution < -0.4 is 10.6 Å². The fourth-order valence-corrected chi connectivity index (χ4v) is 3.64. The lowest BCUT2D eigenvalue weighted by Gasteiger charge is -2.25. The van der Waals surface area contributed by atoms with E-state index in [1.54, 1.807) is 7.05 Å². The maximum absolute atomic E-state index is 12.6. The lowest BCUT2D eigenvalue weighted by atomic mass is 9.96. The second-order valence-electron chi connectivity index (χ2n) is 6.92. The van der Waals surface area contributed by atoms with Crippen molar-refractivity contribution >= 4 is 11.8 Å². The van der Waals surface area contributed by atoms with Gasteiger partial charge in [-0.15, -0.1) is 0 Å². The molecule has 3 heterocycles. The van der Waals surface area contributed by atoms with E-state index in [9.17, 15) is 9.59 Å². The Morgan fingerprint density at radius 3 is 2.64 bits per heavy atom. The van der Waals surface area contributed by atoms with Crippen LogP contribution >= 0.6 is 0 Å². The van der Waals surface area contributed by atoms with E-state index in [-0.39, 0.29) is 29.7 Å². The molecule has 3 rings (SSSR count). The number of nitrogens with zero attached hydrogens (tertiary/aromatic N) is 1. The van der Waals surface area contributed by atoms with Crippen molar-refractivity contribution in [2.45, 2.75) is 31.7 Å². The van der Waals surface area contributed by atoms with Crippen molar-refractivity contribution in [1.29, 1.82) is 0 Å². The SMILES string of the molecule is CNC(=O)CN1C[C@H](NC(=O)C2CCOCC2)[C@@H](c2ccc(C)o2)C1. The Bertz CT molecular complexity index is 609. The van der Waals surface area contributed by atoms with E-state index in [1.807, 2.05) is 19.1 Å². The molecule has 2 atom stereocenters. The summed E-state index contributed by atoms with van der Waals surface area (Å²) in [6.07, 6.45) is 1.54. The quantitative estimate of drug-likeness (QED) is 0.815. The largest absolute Gasteiger partial charge is 0.466 e. The van der Waals surface area contributed by atoms with Crippen LogP contribution in [-0.4, -0.2) is 62.7 Å². The van der Waals surface area contributed by atoms with Gasteiger partial charge in [-0.3, -0.25) is 14.5 Å². The van der Waals surface area contributed by atoms with E-state index in [1.165, 1.54) is 0 Å². The molecule has 0 spiro atoms. The highest BCUT2D eigenvalue weighted by Crippen LogP contribution is 2.29. The Labute approximate surface area is 148 Å². The molecule has 2 amide bonds. The molecule has 1 aromatic heterocycles. The lowest BCUT2D eigenvalue weighted by molar-refractivity contribution is -0.128. The van der Waals surface area contributed by atoms with Crippen LogP contribution in [0.2, 0.25) is 0 Å². The normalized spacial score (nSPS) is 25.0. The molecule has 2 aliphatic heterocycles. The molecule has 2 aliphatic rings. The van der Waals surface area contributed by atoms with Gasteiger partial charge in [-0.05, 0) is 31.9 Å². The summed E-state index contributed by atoms with van der Waals surface area (Å²) in [6, 6.07) is 3.86. The summed E-state index contributed by atoms with van der Waals surface area (Å²) in [5, 5.41) is 5.85. The average molecular weight is 349 g/mol. The van der Waals surface area contributed by atoms with Crippen LogP contribution in [0.3, 0.4) is 0 Å². The Balaban J connectivity index is 1.68. The smallest absolute Gasteiger partial charge is 0.233 e. The molecule has 7 nitrogen and oxygen atoms in total. The molecule has 0 aliphatic carbocycles. The van der Waals surface area contributed by atoms with Crippen molar-refractivity contribution in [3.05, 3.63) is 23.7 Å². The highest BCUT2D eigenvalue weighted by atomic mass is 16.5. The van der Waals surface area contributed by atoms with E-state index < -0.39 is 0 Å². The number of carbonyl (C=O) groups excluding carboxylic acids is 2. The number of likely N-dealkylation sites (N-methyl/N-ethyl adjacent to an activating group) is 1. The second kappa shape index (κ2) is 8.01. The van der Waals surface area contributed by atoms with Crippen molar-refractivity contribution in [1.82, 2.24) is 15.5 Å². The van der Waals surface area contributed by atoms with Gasteiger partial charge in [0.15, 0.2) is 0 Å². The molecule has 0 aromatic carbocycles. The van der Waals surface area contributed by atoms with Crippen LogP contribution in [0.15, 0.2) is 16.5 Å². The van der Waals surface area contributed by atoms with Gasteiger partial charge < -0.3 is 19.8 Å². The number of carbonyl (C=O) groups is 2. The number of likely N-dealkylation sites (tertiary alicyclic amines) is 1. The Kier molecular flexibility index (Phi) is 5.75. The van der Waals surface area contributed by atoms with Crippen LogP contribution in [-0.2, 0) is 14.3 Å². The highest BCUT2D eigenvalue weighted by Gasteiger charge is 2.38. The number of hydrogen-bond acceptors (Lipinski definition) is 5. The van der Waals surface area contributed by atoms with Crippen LogP contribution in [0.1, 0.15) is 30.3 Å². The minimum absolute atomic E-state index is 0.0146. The molecule has 7 heteroatoms. The van der Waals surface area contributed by atoms with Crippen LogP contribution in [0, 0.1) is 12.8 Å². The zero-order chi connectivity index (χ0) is 17.8. The fraction of sp³-hybridized carbons (Fsp3) is 0.667. The molecule has 0 radical (unpaired) electrons. The first kappa shape index (κ1) is 17.9. The fourth-order valence-electron chi connectivity index (χ4n) is 3.64. The van der Waals surface area contributed by atoms with Gasteiger partial charge in [0.05, 0.1) is 18.5 Å². The number of amides is 2. The van der Waals surface area contributed by atoms with E-state index in [0.717, 1.165) is 24.4 Å². The van der Waals surface area contributed by atoms with Crippen molar-refractivity contribution in [3.63, 3.8) is 0 Å². The first-order chi connectivity index (χ1) is 12.1. The molecule has 1 aromatic rings. The minimum atomic E-state index is -0.0504. The van der Waals surface area contributed by atoms with Gasteiger partial charge in [0.2, 0.25) is 11.8 Å². The molecule has 25 heavy (non-hydrogen) atoms. The summed E-state index contributed by atoms with van der Waals surface area (Å²) in [6.45, 7) is 4.87. The summed E-state index contributed by atoms with van der Waals surface area (Å²) in [4.78, 5) is 26.4. The molecule has 0 bridgehead atoms. The number of ether oxygens (including phenoxy) is 1. The zero-order valence-electron chi connectivity index (χ0n) is 14.9. The monoisotopic (exact) mass is 349 g/mol. The van der Waals surface area contributed by atoms with Gasteiger partial charge in [0.1, 0.15) is 11.5 Å². The number of furan rings is 1. The van der Waals surface area contributed by atoms with Crippen molar-refractivity contribution in [2.24, 2.45) is 5.92 Å². The summed E-state index contributed by atoms with van der Waals surface area (Å²) in [5.74, 6) is 1.86. The van der Waals surface area contributed by atoms with Crippen molar-refractivity contribution in [3.8, 4) is 0 Å². The first-order valence-corrected chi connectivity index (χ1v) is 8.94. The van der Waals surface area contributed by atoms with Crippen molar-refractivity contribution < 1.29 is 18.7 Å². The Hall–Kier alpha value is -1.86. The maximum Gasteiger partial charge on any atom is 0.233 e. The van der Waals surface area contributed by atoms with Gasteiger partial charge >= 0.3 is 0 Å². The van der Waals surface area contributed by atoms with Crippen molar-refractivity contribution in [2.75, 3.05) is 39.9 Å². The predicted octanol–water partition coefficient (Wildman–Crippen LogP) is 0.645. The number of aryl methyl sites for hydroxylation is 1. The molecule has 2 fully saturated rings. The summed E-state index contributed by atoms with van der Waals surface area (Å²) in [7, 11) is 1.64. The first-order valence-electron chi connectivity index (χ1n) is 8.94. The third kappa shape index (κ3) is 4.41. The van der Waals surface area contributed by atoms with Crippen LogP contribution in [0.25, 0.3) is 0 Å². The van der Waals surface area contributed by atoms with Gasteiger partial charge in [-0.2, -0.15) is 0 Å². The molecular formula is C18H27N3O4. The second-order valence-corrected chi connectivity index (χ2v) is 6.92. The molecule has 0 saturated carbocycles. The topological polar surface area (TPSA) is 83.8 Å². The third-order valence-electron chi connectivity index (χ3n) is 5.09. The maximum atomic E-state index is 12.6. The van der Waals surface area contributed by atoms with Gasteiger partial charge in [-0.1, -0.05) is 0 Å². The minimum Gasteiger partial charge on any atom is -0.466 e. The Morgan fingerprint density at radius 2 is 2.00 bits per heavy atom. The average Bonchev–Trinajstić information content (AvgIpc) is 3.21. The van der Waals surface area contributed by atoms with Gasteiger partial charge in [0.25, 0.3) is 0 Å². The summed E-state index contributed by atoms with van der Waals surface area (Å²) >= 11 is 0. The van der Waals surface area contributed by atoms with E-state index in [2.05, 4.69) is 15.5 Å². The van der Waals surface area contributed by atoms with E-state index in [0.29, 0.717) is 32.8 Å². The van der Waals surface area contributed by atoms with Gasteiger partial charge in [-0.25, -0.2) is 0 Å². The number of rotatable bonds is 5.